The van der Waals surface area contributed by atoms with Gasteiger partial charge in [-0.3, -0.25) is 10.1 Å². The lowest BCUT2D eigenvalue weighted by atomic mass is 10.2. The first-order chi connectivity index (χ1) is 12.1. The summed E-state index contributed by atoms with van der Waals surface area (Å²) in [6.07, 6.45) is 0.465. The highest BCUT2D eigenvalue weighted by Crippen LogP contribution is 2.14. The Balaban J connectivity index is 1.66. The fourth-order valence-corrected chi connectivity index (χ4v) is 2.11. The number of halogens is 1. The van der Waals surface area contributed by atoms with Crippen LogP contribution in [0.1, 0.15) is 5.56 Å². The van der Waals surface area contributed by atoms with Crippen molar-refractivity contribution in [1.29, 1.82) is 0 Å². The SMILES string of the molecule is O=C(Nc1cnc(-c2ccc(F)cc2)[nH]c1=O)OCc1ccccc1. The van der Waals surface area contributed by atoms with Gasteiger partial charge in [-0.05, 0) is 29.8 Å². The van der Waals surface area contributed by atoms with Crippen LogP contribution in [0.5, 0.6) is 0 Å². The molecule has 1 amide bonds. The Hall–Kier alpha value is -3.48. The van der Waals surface area contributed by atoms with Crippen molar-refractivity contribution in [2.45, 2.75) is 6.61 Å². The Kier molecular flexibility index (Phi) is 4.84. The van der Waals surface area contributed by atoms with Gasteiger partial charge in [-0.2, -0.15) is 0 Å². The average Bonchev–Trinajstić information content (AvgIpc) is 2.63. The van der Waals surface area contributed by atoms with Crippen molar-refractivity contribution in [3.8, 4) is 11.4 Å². The molecule has 0 aliphatic heterocycles. The Morgan fingerprint density at radius 1 is 1.12 bits per heavy atom. The molecular formula is C18H14FN3O3. The van der Waals surface area contributed by atoms with Gasteiger partial charge in [-0.1, -0.05) is 30.3 Å². The number of anilines is 1. The number of aromatic amines is 1. The van der Waals surface area contributed by atoms with Gasteiger partial charge in [0.2, 0.25) is 0 Å². The molecule has 7 heteroatoms. The largest absolute Gasteiger partial charge is 0.444 e. The summed E-state index contributed by atoms with van der Waals surface area (Å²) in [7, 11) is 0. The molecule has 0 radical (unpaired) electrons. The van der Waals surface area contributed by atoms with Gasteiger partial charge in [0, 0.05) is 5.56 Å². The maximum absolute atomic E-state index is 12.9. The van der Waals surface area contributed by atoms with Gasteiger partial charge >= 0.3 is 6.09 Å². The highest BCUT2D eigenvalue weighted by molar-refractivity contribution is 5.84. The predicted octanol–water partition coefficient (Wildman–Crippen LogP) is 3.32. The molecule has 25 heavy (non-hydrogen) atoms. The van der Waals surface area contributed by atoms with E-state index in [0.29, 0.717) is 5.56 Å². The molecule has 0 aliphatic rings. The minimum Gasteiger partial charge on any atom is -0.444 e. The summed E-state index contributed by atoms with van der Waals surface area (Å²) < 4.78 is 18.0. The quantitative estimate of drug-likeness (QED) is 0.764. The number of hydrogen-bond donors (Lipinski definition) is 2. The van der Waals surface area contributed by atoms with E-state index >= 15 is 0 Å². The molecule has 2 N–H and O–H groups in total. The number of amides is 1. The highest BCUT2D eigenvalue weighted by atomic mass is 19.1. The molecule has 126 valence electrons. The molecule has 1 aromatic heterocycles. The second-order valence-electron chi connectivity index (χ2n) is 5.17. The predicted molar refractivity (Wildman–Crippen MR) is 90.5 cm³/mol. The highest BCUT2D eigenvalue weighted by Gasteiger charge is 2.09. The monoisotopic (exact) mass is 339 g/mol. The van der Waals surface area contributed by atoms with Crippen molar-refractivity contribution in [2.75, 3.05) is 5.32 Å². The van der Waals surface area contributed by atoms with E-state index in [1.54, 1.807) is 0 Å². The zero-order chi connectivity index (χ0) is 17.6. The zero-order valence-corrected chi connectivity index (χ0v) is 13.0. The van der Waals surface area contributed by atoms with Gasteiger partial charge in [0.15, 0.2) is 0 Å². The average molecular weight is 339 g/mol. The molecule has 0 spiro atoms. The number of ether oxygens (including phenoxy) is 1. The second kappa shape index (κ2) is 7.39. The third-order valence-corrected chi connectivity index (χ3v) is 3.37. The van der Waals surface area contributed by atoms with Crippen LogP contribution in [0.25, 0.3) is 11.4 Å². The van der Waals surface area contributed by atoms with E-state index in [1.165, 1.54) is 30.5 Å². The summed E-state index contributed by atoms with van der Waals surface area (Å²) in [5, 5.41) is 2.34. The third-order valence-electron chi connectivity index (χ3n) is 3.37. The molecule has 0 aliphatic carbocycles. The molecule has 2 aromatic carbocycles. The number of hydrogen-bond acceptors (Lipinski definition) is 4. The van der Waals surface area contributed by atoms with E-state index in [4.69, 9.17) is 4.74 Å². The van der Waals surface area contributed by atoms with E-state index in [9.17, 15) is 14.0 Å². The van der Waals surface area contributed by atoms with Crippen LogP contribution >= 0.6 is 0 Å². The topological polar surface area (TPSA) is 84.1 Å². The number of aromatic nitrogens is 2. The molecule has 0 unspecified atom stereocenters. The van der Waals surface area contributed by atoms with E-state index in [2.05, 4.69) is 15.3 Å². The Morgan fingerprint density at radius 3 is 2.52 bits per heavy atom. The van der Waals surface area contributed by atoms with Crippen molar-refractivity contribution >= 4 is 11.8 Å². The van der Waals surface area contributed by atoms with Gasteiger partial charge in [-0.15, -0.1) is 0 Å². The number of carbonyl (C=O) groups excluding carboxylic acids is 1. The number of carbonyl (C=O) groups is 1. The fraction of sp³-hybridized carbons (Fsp3) is 0.0556. The molecule has 1 heterocycles. The minimum absolute atomic E-state index is 0.0380. The van der Waals surface area contributed by atoms with Crippen LogP contribution in [-0.4, -0.2) is 16.1 Å². The van der Waals surface area contributed by atoms with E-state index in [0.717, 1.165) is 5.56 Å². The number of rotatable bonds is 4. The van der Waals surface area contributed by atoms with Crippen LogP contribution < -0.4 is 10.9 Å². The van der Waals surface area contributed by atoms with Gasteiger partial charge < -0.3 is 9.72 Å². The molecular weight excluding hydrogens is 325 g/mol. The number of H-pyrrole nitrogens is 1. The lowest BCUT2D eigenvalue weighted by Gasteiger charge is -2.07. The van der Waals surface area contributed by atoms with Crippen molar-refractivity contribution < 1.29 is 13.9 Å². The summed E-state index contributed by atoms with van der Waals surface area (Å²) in [5.41, 5.74) is 0.808. The van der Waals surface area contributed by atoms with Crippen LogP contribution in [0.3, 0.4) is 0 Å². The first-order valence-electron chi connectivity index (χ1n) is 7.45. The lowest BCUT2D eigenvalue weighted by Crippen LogP contribution is -2.21. The van der Waals surface area contributed by atoms with Gasteiger partial charge in [0.1, 0.15) is 23.9 Å². The van der Waals surface area contributed by atoms with Gasteiger partial charge in [0.05, 0.1) is 6.20 Å². The number of nitrogens with one attached hydrogen (secondary N) is 2. The van der Waals surface area contributed by atoms with Crippen LogP contribution in [-0.2, 0) is 11.3 Å². The molecule has 0 fully saturated rings. The van der Waals surface area contributed by atoms with Crippen LogP contribution in [0.15, 0.2) is 65.6 Å². The zero-order valence-electron chi connectivity index (χ0n) is 13.0. The van der Waals surface area contributed by atoms with Crippen LogP contribution in [0.4, 0.5) is 14.9 Å². The maximum atomic E-state index is 12.9. The Morgan fingerprint density at radius 2 is 1.84 bits per heavy atom. The van der Waals surface area contributed by atoms with Crippen LogP contribution in [0.2, 0.25) is 0 Å². The number of nitrogens with zero attached hydrogens (tertiary/aromatic N) is 1. The normalized spacial score (nSPS) is 10.3. The summed E-state index contributed by atoms with van der Waals surface area (Å²) in [6.45, 7) is 0.0890. The van der Waals surface area contributed by atoms with Crippen molar-refractivity contribution in [1.82, 2.24) is 9.97 Å². The van der Waals surface area contributed by atoms with Gasteiger partial charge in [0.25, 0.3) is 5.56 Å². The lowest BCUT2D eigenvalue weighted by molar-refractivity contribution is 0.155. The third kappa shape index (κ3) is 4.29. The molecule has 6 nitrogen and oxygen atoms in total. The van der Waals surface area contributed by atoms with Crippen molar-refractivity contribution in [3.05, 3.63) is 82.5 Å². The molecule has 0 saturated carbocycles. The number of benzene rings is 2. The molecule has 0 bridgehead atoms. The van der Waals surface area contributed by atoms with Crippen molar-refractivity contribution in [3.63, 3.8) is 0 Å². The van der Waals surface area contributed by atoms with Crippen molar-refractivity contribution in [2.24, 2.45) is 0 Å². The van der Waals surface area contributed by atoms with E-state index < -0.39 is 11.7 Å². The standard InChI is InChI=1S/C18H14FN3O3/c19-14-8-6-13(7-9-14)16-20-10-15(17(23)22-16)21-18(24)25-11-12-4-2-1-3-5-12/h1-10H,11H2,(H,21,24)(H,20,22,23). The summed E-state index contributed by atoms with van der Waals surface area (Å²) in [4.78, 5) is 30.4. The van der Waals surface area contributed by atoms with E-state index in [-0.39, 0.29) is 23.9 Å². The Bertz CT molecular complexity index is 924. The first kappa shape index (κ1) is 16.4. The molecule has 0 atom stereocenters. The second-order valence-corrected chi connectivity index (χ2v) is 5.17. The van der Waals surface area contributed by atoms with Crippen LogP contribution in [0, 0.1) is 5.82 Å². The maximum Gasteiger partial charge on any atom is 0.412 e. The summed E-state index contributed by atoms with van der Waals surface area (Å²) in [6, 6.07) is 14.7. The fourth-order valence-electron chi connectivity index (χ4n) is 2.11. The smallest absolute Gasteiger partial charge is 0.412 e. The molecule has 3 rings (SSSR count). The molecule has 3 aromatic rings. The summed E-state index contributed by atoms with van der Waals surface area (Å²) >= 11 is 0. The Labute approximate surface area is 142 Å². The minimum atomic E-state index is -0.759. The summed E-state index contributed by atoms with van der Waals surface area (Å²) in [5.74, 6) is -0.112. The molecule has 0 saturated heterocycles. The van der Waals surface area contributed by atoms with Gasteiger partial charge in [-0.25, -0.2) is 14.2 Å². The van der Waals surface area contributed by atoms with E-state index in [1.807, 2.05) is 30.3 Å². The first-order valence-corrected chi connectivity index (χ1v) is 7.45.